The average molecular weight is 301 g/mol. The zero-order chi connectivity index (χ0) is 15.5. The van der Waals surface area contributed by atoms with E-state index >= 15 is 0 Å². The molecule has 1 aliphatic rings. The van der Waals surface area contributed by atoms with E-state index in [9.17, 15) is 13.2 Å². The summed E-state index contributed by atoms with van der Waals surface area (Å²) in [4.78, 5) is 5.65. The Morgan fingerprint density at radius 1 is 1.38 bits per heavy atom. The van der Waals surface area contributed by atoms with Crippen molar-refractivity contribution < 1.29 is 13.2 Å². The lowest BCUT2D eigenvalue weighted by Gasteiger charge is -2.38. The molecule has 0 bridgehead atoms. The molecular formula is C15H22F3N3. The van der Waals surface area contributed by atoms with Crippen molar-refractivity contribution >= 4 is 5.69 Å². The van der Waals surface area contributed by atoms with Crippen LogP contribution < -0.4 is 10.2 Å². The van der Waals surface area contributed by atoms with E-state index in [4.69, 9.17) is 0 Å². The number of piperidine rings is 1. The summed E-state index contributed by atoms with van der Waals surface area (Å²) in [5, 5.41) is 3.53. The van der Waals surface area contributed by atoms with Gasteiger partial charge in [0.15, 0.2) is 0 Å². The van der Waals surface area contributed by atoms with Crippen LogP contribution in [0.3, 0.4) is 0 Å². The highest BCUT2D eigenvalue weighted by atomic mass is 19.4. The lowest BCUT2D eigenvalue weighted by Crippen LogP contribution is -2.48. The summed E-state index contributed by atoms with van der Waals surface area (Å²) in [5.74, 6) is 0.465. The second kappa shape index (κ2) is 6.64. The van der Waals surface area contributed by atoms with Gasteiger partial charge in [-0.1, -0.05) is 13.8 Å². The van der Waals surface area contributed by atoms with Crippen molar-refractivity contribution in [3.8, 4) is 0 Å². The summed E-state index contributed by atoms with van der Waals surface area (Å²) in [5.41, 5.74) is -0.0670. The lowest BCUT2D eigenvalue weighted by atomic mass is 9.93. The fraction of sp³-hybridized carbons (Fsp3) is 0.667. The Labute approximate surface area is 123 Å². The van der Waals surface area contributed by atoms with Crippen LogP contribution in [0.15, 0.2) is 18.3 Å². The van der Waals surface area contributed by atoms with Crippen LogP contribution in [0.25, 0.3) is 0 Å². The van der Waals surface area contributed by atoms with Gasteiger partial charge in [-0.3, -0.25) is 0 Å². The first-order valence-electron chi connectivity index (χ1n) is 7.43. The average Bonchev–Trinajstić information content (AvgIpc) is 2.45. The van der Waals surface area contributed by atoms with E-state index in [1.807, 2.05) is 0 Å². The Bertz CT molecular complexity index is 444. The van der Waals surface area contributed by atoms with E-state index in [0.29, 0.717) is 12.0 Å². The molecule has 2 atom stereocenters. The third kappa shape index (κ3) is 4.09. The van der Waals surface area contributed by atoms with Gasteiger partial charge in [0.2, 0.25) is 0 Å². The van der Waals surface area contributed by atoms with Gasteiger partial charge in [-0.2, -0.15) is 13.2 Å². The number of aromatic nitrogens is 1. The Morgan fingerprint density at radius 2 is 2.14 bits per heavy atom. The molecule has 0 aromatic carbocycles. The summed E-state index contributed by atoms with van der Waals surface area (Å²) < 4.78 is 37.5. The number of anilines is 1. The monoisotopic (exact) mass is 301 g/mol. The highest BCUT2D eigenvalue weighted by Gasteiger charge is 2.32. The Hall–Kier alpha value is -1.30. The fourth-order valence-corrected chi connectivity index (χ4v) is 2.75. The van der Waals surface area contributed by atoms with Gasteiger partial charge in [0.1, 0.15) is 5.69 Å². The molecule has 2 rings (SSSR count). The predicted molar refractivity (Wildman–Crippen MR) is 77.3 cm³/mol. The molecule has 0 saturated carbocycles. The fourth-order valence-electron chi connectivity index (χ4n) is 2.75. The third-order valence-electron chi connectivity index (χ3n) is 3.97. The number of rotatable bonds is 4. The molecule has 2 unspecified atom stereocenters. The molecule has 1 aliphatic heterocycles. The summed E-state index contributed by atoms with van der Waals surface area (Å²) in [6.45, 7) is 7.02. The quantitative estimate of drug-likeness (QED) is 0.925. The van der Waals surface area contributed by atoms with Crippen LogP contribution in [-0.2, 0) is 6.18 Å². The molecule has 3 nitrogen and oxygen atoms in total. The summed E-state index contributed by atoms with van der Waals surface area (Å²) in [6.07, 6.45) is -0.934. The van der Waals surface area contributed by atoms with Crippen molar-refractivity contribution in [3.05, 3.63) is 24.0 Å². The van der Waals surface area contributed by atoms with E-state index in [1.165, 1.54) is 12.3 Å². The number of alkyl halides is 3. The highest BCUT2D eigenvalue weighted by molar-refractivity contribution is 5.45. The van der Waals surface area contributed by atoms with Crippen molar-refractivity contribution in [1.29, 1.82) is 0 Å². The first-order chi connectivity index (χ1) is 9.91. The van der Waals surface area contributed by atoms with Crippen molar-refractivity contribution in [2.24, 2.45) is 5.92 Å². The summed E-state index contributed by atoms with van der Waals surface area (Å²) in [6, 6.07) is 3.06. The van der Waals surface area contributed by atoms with E-state index in [2.05, 4.69) is 29.0 Å². The minimum atomic E-state index is -4.37. The van der Waals surface area contributed by atoms with E-state index in [0.717, 1.165) is 44.2 Å². The zero-order valence-electron chi connectivity index (χ0n) is 12.5. The molecule has 0 amide bonds. The molecule has 0 aliphatic carbocycles. The second-order valence-electron chi connectivity index (χ2n) is 5.67. The number of halogens is 3. The van der Waals surface area contributed by atoms with Crippen LogP contribution in [0.5, 0.6) is 0 Å². The first-order valence-corrected chi connectivity index (χ1v) is 7.43. The van der Waals surface area contributed by atoms with E-state index in [1.54, 1.807) is 0 Å². The minimum absolute atomic E-state index is 0.465. The van der Waals surface area contributed by atoms with Crippen LogP contribution >= 0.6 is 0 Å². The van der Waals surface area contributed by atoms with Gasteiger partial charge < -0.3 is 10.2 Å². The molecule has 0 radical (unpaired) electrons. The summed E-state index contributed by atoms with van der Waals surface area (Å²) in [7, 11) is 0. The normalized spacial score (nSPS) is 23.4. The van der Waals surface area contributed by atoms with Crippen molar-refractivity contribution in [2.75, 3.05) is 24.5 Å². The Morgan fingerprint density at radius 3 is 2.67 bits per heavy atom. The van der Waals surface area contributed by atoms with Crippen LogP contribution in [0.1, 0.15) is 32.4 Å². The SMILES string of the molecule is CCCNC1CCN(c2ccc(C(F)(F)F)nc2)CC1C. The number of hydrogen-bond donors (Lipinski definition) is 1. The Kier molecular flexibility index (Phi) is 5.08. The molecule has 1 fully saturated rings. The van der Waals surface area contributed by atoms with Crippen molar-refractivity contribution in [3.63, 3.8) is 0 Å². The van der Waals surface area contributed by atoms with Crippen LogP contribution in [0.2, 0.25) is 0 Å². The maximum Gasteiger partial charge on any atom is 0.433 e. The van der Waals surface area contributed by atoms with E-state index < -0.39 is 11.9 Å². The number of nitrogens with zero attached hydrogens (tertiary/aromatic N) is 2. The van der Waals surface area contributed by atoms with Gasteiger partial charge in [-0.25, -0.2) is 4.98 Å². The molecule has 1 saturated heterocycles. The molecule has 21 heavy (non-hydrogen) atoms. The largest absolute Gasteiger partial charge is 0.433 e. The highest BCUT2D eigenvalue weighted by Crippen LogP contribution is 2.29. The number of nitrogens with one attached hydrogen (secondary N) is 1. The maximum atomic E-state index is 12.5. The van der Waals surface area contributed by atoms with Gasteiger partial charge in [0.25, 0.3) is 0 Å². The third-order valence-corrected chi connectivity index (χ3v) is 3.97. The van der Waals surface area contributed by atoms with Crippen LogP contribution in [0, 0.1) is 5.92 Å². The standard InChI is InChI=1S/C15H22F3N3/c1-3-7-19-13-6-8-21(10-11(13)2)12-4-5-14(20-9-12)15(16,17)18/h4-5,9,11,13,19H,3,6-8,10H2,1-2H3. The molecule has 1 N–H and O–H groups in total. The van der Waals surface area contributed by atoms with Crippen molar-refractivity contribution in [2.45, 2.75) is 38.9 Å². The van der Waals surface area contributed by atoms with Gasteiger partial charge in [-0.15, -0.1) is 0 Å². The smallest absolute Gasteiger partial charge is 0.370 e. The topological polar surface area (TPSA) is 28.2 Å². The molecule has 2 heterocycles. The molecule has 6 heteroatoms. The van der Waals surface area contributed by atoms with Gasteiger partial charge in [0.05, 0.1) is 11.9 Å². The number of hydrogen-bond acceptors (Lipinski definition) is 3. The minimum Gasteiger partial charge on any atom is -0.370 e. The Balaban J connectivity index is 1.98. The van der Waals surface area contributed by atoms with Gasteiger partial charge >= 0.3 is 6.18 Å². The molecular weight excluding hydrogens is 279 g/mol. The van der Waals surface area contributed by atoms with Gasteiger partial charge in [0, 0.05) is 19.1 Å². The molecule has 0 spiro atoms. The maximum absolute atomic E-state index is 12.5. The molecule has 1 aromatic heterocycles. The van der Waals surface area contributed by atoms with E-state index in [-0.39, 0.29) is 0 Å². The van der Waals surface area contributed by atoms with Crippen LogP contribution in [-0.4, -0.2) is 30.7 Å². The summed E-state index contributed by atoms with van der Waals surface area (Å²) >= 11 is 0. The zero-order valence-corrected chi connectivity index (χ0v) is 12.5. The van der Waals surface area contributed by atoms with Crippen LogP contribution in [0.4, 0.5) is 18.9 Å². The van der Waals surface area contributed by atoms with Crippen molar-refractivity contribution in [1.82, 2.24) is 10.3 Å². The first kappa shape index (κ1) is 16.1. The molecule has 1 aromatic rings. The lowest BCUT2D eigenvalue weighted by molar-refractivity contribution is -0.141. The number of pyridine rings is 1. The second-order valence-corrected chi connectivity index (χ2v) is 5.67. The molecule has 118 valence electrons. The van der Waals surface area contributed by atoms with Gasteiger partial charge in [-0.05, 0) is 37.4 Å². The predicted octanol–water partition coefficient (Wildman–Crippen LogP) is 3.31.